The van der Waals surface area contributed by atoms with Crippen LogP contribution in [0.15, 0.2) is 0 Å². The molecule has 0 aromatic heterocycles. The molecule has 6 rings (SSSR count). The summed E-state index contributed by atoms with van der Waals surface area (Å²) in [4.78, 5) is 11.3. The van der Waals surface area contributed by atoms with Crippen molar-refractivity contribution >= 4 is 5.97 Å². The van der Waals surface area contributed by atoms with Gasteiger partial charge in [-0.25, -0.2) is 0 Å². The Morgan fingerprint density at radius 1 is 1.31 bits per heavy atom. The molecule has 4 unspecified atom stereocenters. The molecule has 0 aromatic rings. The average molecular weight is 177 g/mol. The average Bonchev–Trinajstić information content (AvgIpc) is 2.02. The van der Waals surface area contributed by atoms with Crippen LogP contribution in [0.4, 0.5) is 0 Å². The molecule has 3 heteroatoms. The maximum Gasteiger partial charge on any atom is 0.310 e. The fourth-order valence-corrected chi connectivity index (χ4v) is 6.89. The van der Waals surface area contributed by atoms with Gasteiger partial charge in [-0.15, -0.1) is 0 Å². The third-order valence-corrected chi connectivity index (χ3v) is 6.74. The van der Waals surface area contributed by atoms with Crippen molar-refractivity contribution in [1.29, 1.82) is 0 Å². The van der Waals surface area contributed by atoms with Gasteiger partial charge in [0.25, 0.3) is 0 Å². The molecule has 3 N–H and O–H groups in total. The van der Waals surface area contributed by atoms with Crippen molar-refractivity contribution < 1.29 is 9.90 Å². The van der Waals surface area contributed by atoms with Crippen LogP contribution >= 0.6 is 0 Å². The van der Waals surface area contributed by atoms with Crippen LogP contribution in [0.2, 0.25) is 0 Å². The topological polar surface area (TPSA) is 63.3 Å². The van der Waals surface area contributed by atoms with E-state index in [0.29, 0.717) is 29.6 Å². The second-order valence-corrected chi connectivity index (χ2v) is 5.99. The van der Waals surface area contributed by atoms with Gasteiger partial charge < -0.3 is 10.8 Å². The third kappa shape index (κ3) is 0.194. The summed E-state index contributed by atoms with van der Waals surface area (Å²) in [7, 11) is 0. The van der Waals surface area contributed by atoms with Gasteiger partial charge in [-0.3, -0.25) is 4.79 Å². The van der Waals surface area contributed by atoms with Crippen molar-refractivity contribution in [2.24, 2.45) is 46.2 Å². The number of nitrogens with two attached hydrogens (primary N) is 1. The van der Waals surface area contributed by atoms with E-state index in [1.165, 1.54) is 0 Å². The maximum atomic E-state index is 11.3. The van der Waals surface area contributed by atoms with Gasteiger partial charge in [-0.05, 0) is 35.0 Å². The highest BCUT2D eigenvalue weighted by Crippen LogP contribution is 3.10. The molecule has 0 aromatic carbocycles. The highest BCUT2D eigenvalue weighted by Gasteiger charge is 3.15. The van der Waals surface area contributed by atoms with E-state index in [0.717, 1.165) is 0 Å². The molecule has 6 aliphatic rings. The van der Waals surface area contributed by atoms with Crippen molar-refractivity contribution in [3.63, 3.8) is 0 Å². The van der Waals surface area contributed by atoms with E-state index in [2.05, 4.69) is 6.92 Å². The molecular formula is C10H11NO2. The van der Waals surface area contributed by atoms with Gasteiger partial charge in [-0.2, -0.15) is 0 Å². The number of rotatable bonds is 1. The normalized spacial score (nSPS) is 88.0. The smallest absolute Gasteiger partial charge is 0.310 e. The number of hydrogen-bond donors (Lipinski definition) is 2. The summed E-state index contributed by atoms with van der Waals surface area (Å²) in [5, 5.41) is 9.27. The minimum absolute atomic E-state index is 0.123. The molecule has 0 heterocycles. The number of carboxylic acid groups (broad SMARTS) is 1. The highest BCUT2D eigenvalue weighted by atomic mass is 16.4. The van der Waals surface area contributed by atoms with Crippen LogP contribution < -0.4 is 5.73 Å². The van der Waals surface area contributed by atoms with Gasteiger partial charge in [0.1, 0.15) is 0 Å². The van der Waals surface area contributed by atoms with Crippen LogP contribution in [0.3, 0.4) is 0 Å². The second kappa shape index (κ2) is 0.991. The summed E-state index contributed by atoms with van der Waals surface area (Å²) >= 11 is 0. The number of carbonyl (C=O) groups is 1. The zero-order valence-electron chi connectivity index (χ0n) is 7.32. The number of aliphatic carboxylic acids is 1. The molecule has 0 aliphatic heterocycles. The summed E-state index contributed by atoms with van der Waals surface area (Å²) in [5.41, 5.74) is 6.20. The van der Waals surface area contributed by atoms with E-state index in [1.807, 2.05) is 0 Å². The lowest BCUT2D eigenvalue weighted by molar-refractivity contribution is -0.646. The molecule has 0 spiro atoms. The first-order chi connectivity index (χ1) is 6.05. The minimum Gasteiger partial charge on any atom is -0.481 e. The van der Waals surface area contributed by atoms with Crippen LogP contribution in [0.1, 0.15) is 6.92 Å². The van der Waals surface area contributed by atoms with Crippen LogP contribution in [0.5, 0.6) is 0 Å². The molecule has 3 nitrogen and oxygen atoms in total. The first kappa shape index (κ1) is 6.02. The lowest BCUT2D eigenvalue weighted by atomic mass is 8.90. The molecule has 4 atom stereocenters. The predicted octanol–water partition coefficient (Wildman–Crippen LogP) is -0.0898. The fourth-order valence-electron chi connectivity index (χ4n) is 6.89. The molecule has 0 amide bonds. The molecular weight excluding hydrogens is 166 g/mol. The molecule has 13 heavy (non-hydrogen) atoms. The molecule has 0 radical (unpaired) electrons. The first-order valence-electron chi connectivity index (χ1n) is 5.07. The van der Waals surface area contributed by atoms with E-state index in [-0.39, 0.29) is 16.4 Å². The Morgan fingerprint density at radius 2 is 1.85 bits per heavy atom. The Labute approximate surface area is 75.3 Å². The van der Waals surface area contributed by atoms with E-state index >= 15 is 0 Å². The summed E-state index contributed by atoms with van der Waals surface area (Å²) in [6, 6.07) is 0. The maximum absolute atomic E-state index is 11.3. The summed E-state index contributed by atoms with van der Waals surface area (Å²) in [5.74, 6) is 2.20. The predicted molar refractivity (Wildman–Crippen MR) is 42.5 cm³/mol. The Bertz CT molecular complexity index is 395. The Hall–Kier alpha value is -0.570. The van der Waals surface area contributed by atoms with E-state index in [4.69, 9.17) is 5.73 Å². The number of carboxylic acids is 1. The van der Waals surface area contributed by atoms with Crippen LogP contribution in [0, 0.1) is 40.4 Å². The lowest BCUT2D eigenvalue weighted by Crippen LogP contribution is -3.19. The Kier molecular flexibility index (Phi) is 0.458. The van der Waals surface area contributed by atoms with Gasteiger partial charge in [0.05, 0.1) is 5.41 Å². The fraction of sp³-hybridized carbons (Fsp3) is 0.900. The Morgan fingerprint density at radius 3 is 2.23 bits per heavy atom. The van der Waals surface area contributed by atoms with Crippen molar-refractivity contribution in [1.82, 2.24) is 0 Å². The minimum atomic E-state index is -0.532. The van der Waals surface area contributed by atoms with Crippen LogP contribution in [-0.2, 0) is 4.79 Å². The number of hydrogen-bond acceptors (Lipinski definition) is 2. The summed E-state index contributed by atoms with van der Waals surface area (Å²) in [6.07, 6.45) is 0. The molecule has 68 valence electrons. The molecule has 6 fully saturated rings. The van der Waals surface area contributed by atoms with Crippen LogP contribution in [0.25, 0.3) is 0 Å². The molecule has 0 bridgehead atoms. The van der Waals surface area contributed by atoms with Gasteiger partial charge in [0.15, 0.2) is 0 Å². The summed E-state index contributed by atoms with van der Waals surface area (Å²) in [6.45, 7) is 2.16. The van der Waals surface area contributed by atoms with E-state index in [1.54, 1.807) is 0 Å². The zero-order valence-corrected chi connectivity index (χ0v) is 7.32. The quantitative estimate of drug-likeness (QED) is 0.588. The van der Waals surface area contributed by atoms with Gasteiger partial charge >= 0.3 is 5.97 Å². The largest absolute Gasteiger partial charge is 0.481 e. The van der Waals surface area contributed by atoms with Crippen molar-refractivity contribution in [2.45, 2.75) is 12.5 Å². The van der Waals surface area contributed by atoms with Crippen molar-refractivity contribution in [3.8, 4) is 0 Å². The van der Waals surface area contributed by atoms with Crippen molar-refractivity contribution in [3.05, 3.63) is 0 Å². The summed E-state index contributed by atoms with van der Waals surface area (Å²) < 4.78 is 0. The van der Waals surface area contributed by atoms with Gasteiger partial charge in [-0.1, -0.05) is 6.92 Å². The van der Waals surface area contributed by atoms with Crippen LogP contribution in [-0.4, -0.2) is 16.6 Å². The SMILES string of the molecule is CC12C3C4C5C(C1C53N)C42C(=O)O. The molecule has 6 saturated carbocycles. The van der Waals surface area contributed by atoms with Crippen molar-refractivity contribution in [2.75, 3.05) is 0 Å². The zero-order chi connectivity index (χ0) is 8.96. The molecule has 0 saturated heterocycles. The first-order valence-corrected chi connectivity index (χ1v) is 5.07. The standard InChI is InChI=1S/C10H11NO2/c1-8-5-3-2-4(6(8)10(2,5)11)9(3,8)7(12)13/h2-6H,11H2,1H3,(H,12,13). The van der Waals surface area contributed by atoms with E-state index in [9.17, 15) is 9.90 Å². The highest BCUT2D eigenvalue weighted by molar-refractivity contribution is 5.89. The van der Waals surface area contributed by atoms with E-state index < -0.39 is 5.97 Å². The van der Waals surface area contributed by atoms with Gasteiger partial charge in [0, 0.05) is 5.54 Å². The third-order valence-electron chi connectivity index (χ3n) is 6.74. The van der Waals surface area contributed by atoms with Gasteiger partial charge in [0.2, 0.25) is 0 Å². The lowest BCUT2D eigenvalue weighted by Gasteiger charge is -3.13. The monoisotopic (exact) mass is 177 g/mol. The second-order valence-electron chi connectivity index (χ2n) is 5.99. The molecule has 6 aliphatic carbocycles. The Balaban J connectivity index is 1.78.